The zero-order valence-electron chi connectivity index (χ0n) is 12.9. The molecule has 0 aromatic heterocycles. The van der Waals surface area contributed by atoms with Crippen LogP contribution >= 0.6 is 0 Å². The van der Waals surface area contributed by atoms with E-state index < -0.39 is 0 Å². The summed E-state index contributed by atoms with van der Waals surface area (Å²) in [5.74, 6) is 1.26. The van der Waals surface area contributed by atoms with Crippen LogP contribution in [0.2, 0.25) is 0 Å². The molecule has 0 spiro atoms. The lowest BCUT2D eigenvalue weighted by Crippen LogP contribution is -2.28. The van der Waals surface area contributed by atoms with Gasteiger partial charge in [0.15, 0.2) is 0 Å². The third-order valence-corrected chi connectivity index (χ3v) is 3.68. The lowest BCUT2D eigenvalue weighted by Gasteiger charge is -2.15. The van der Waals surface area contributed by atoms with E-state index in [1.807, 2.05) is 17.0 Å². The van der Waals surface area contributed by atoms with E-state index in [-0.39, 0.29) is 0 Å². The van der Waals surface area contributed by atoms with Gasteiger partial charge in [-0.05, 0) is 43.5 Å². The molecule has 1 heterocycles. The van der Waals surface area contributed by atoms with Crippen LogP contribution < -0.4 is 10.1 Å². The second-order valence-corrected chi connectivity index (χ2v) is 5.51. The van der Waals surface area contributed by atoms with Crippen LogP contribution in [0.5, 0.6) is 5.75 Å². The summed E-state index contributed by atoms with van der Waals surface area (Å²) in [6.07, 6.45) is 3.81. The first-order chi connectivity index (χ1) is 10.3. The number of carbonyl (C=O) groups is 1. The first-order valence-corrected chi connectivity index (χ1v) is 8.00. The highest BCUT2D eigenvalue weighted by molar-refractivity contribution is 5.77. The molecule has 0 atom stereocenters. The highest BCUT2D eigenvalue weighted by Crippen LogP contribution is 2.12. The molecule has 21 heavy (non-hydrogen) atoms. The Morgan fingerprint density at radius 3 is 2.76 bits per heavy atom. The average molecular weight is 290 g/mol. The molecule has 1 aromatic rings. The van der Waals surface area contributed by atoms with Crippen molar-refractivity contribution in [3.8, 4) is 5.75 Å². The molecule has 1 N–H and O–H groups in total. The van der Waals surface area contributed by atoms with E-state index in [0.717, 1.165) is 64.2 Å². The maximum absolute atomic E-state index is 11.5. The van der Waals surface area contributed by atoms with E-state index in [9.17, 15) is 4.79 Å². The Labute approximate surface area is 127 Å². The molecule has 0 saturated carbocycles. The Balaban J connectivity index is 1.59. The van der Waals surface area contributed by atoms with Gasteiger partial charge in [0, 0.05) is 26.1 Å². The second-order valence-electron chi connectivity index (χ2n) is 5.51. The second kappa shape index (κ2) is 8.67. The number of hydrogen-bond acceptors (Lipinski definition) is 3. The van der Waals surface area contributed by atoms with Gasteiger partial charge in [0.1, 0.15) is 5.75 Å². The molecule has 4 heteroatoms. The van der Waals surface area contributed by atoms with Gasteiger partial charge in [-0.2, -0.15) is 0 Å². The van der Waals surface area contributed by atoms with Crippen LogP contribution in [-0.4, -0.2) is 37.0 Å². The summed E-state index contributed by atoms with van der Waals surface area (Å²) in [6.45, 7) is 6.51. The molecule has 1 fully saturated rings. The van der Waals surface area contributed by atoms with Crippen molar-refractivity contribution in [1.29, 1.82) is 0 Å². The third kappa shape index (κ3) is 5.38. The van der Waals surface area contributed by atoms with Gasteiger partial charge in [-0.25, -0.2) is 0 Å². The van der Waals surface area contributed by atoms with Crippen LogP contribution in [0.4, 0.5) is 0 Å². The predicted molar refractivity (Wildman–Crippen MR) is 84.4 cm³/mol. The number of hydrogen-bond donors (Lipinski definition) is 1. The first kappa shape index (κ1) is 15.8. The van der Waals surface area contributed by atoms with E-state index in [2.05, 4.69) is 24.4 Å². The summed E-state index contributed by atoms with van der Waals surface area (Å²) in [6, 6.07) is 8.25. The highest BCUT2D eigenvalue weighted by Gasteiger charge is 2.18. The summed E-state index contributed by atoms with van der Waals surface area (Å²) in [4.78, 5) is 13.4. The lowest BCUT2D eigenvalue weighted by molar-refractivity contribution is -0.127. The number of nitrogens with zero attached hydrogens (tertiary/aromatic N) is 1. The van der Waals surface area contributed by atoms with Gasteiger partial charge >= 0.3 is 0 Å². The van der Waals surface area contributed by atoms with Crippen LogP contribution in [0.15, 0.2) is 24.3 Å². The van der Waals surface area contributed by atoms with E-state index in [4.69, 9.17) is 4.74 Å². The highest BCUT2D eigenvalue weighted by atomic mass is 16.5. The van der Waals surface area contributed by atoms with Gasteiger partial charge in [0.05, 0.1) is 6.61 Å². The number of ether oxygens (including phenoxy) is 1. The molecule has 1 aliphatic heterocycles. The van der Waals surface area contributed by atoms with Crippen molar-refractivity contribution in [3.63, 3.8) is 0 Å². The summed E-state index contributed by atoms with van der Waals surface area (Å²) in [5, 5.41) is 3.42. The van der Waals surface area contributed by atoms with Crippen LogP contribution in [0.3, 0.4) is 0 Å². The summed E-state index contributed by atoms with van der Waals surface area (Å²) >= 11 is 0. The number of amides is 1. The van der Waals surface area contributed by atoms with Gasteiger partial charge in [0.2, 0.25) is 5.91 Å². The van der Waals surface area contributed by atoms with E-state index in [1.165, 1.54) is 5.56 Å². The van der Waals surface area contributed by atoms with Gasteiger partial charge in [-0.1, -0.05) is 19.1 Å². The Morgan fingerprint density at radius 2 is 2.10 bits per heavy atom. The Bertz CT molecular complexity index is 431. The number of nitrogens with one attached hydrogen (secondary N) is 1. The Morgan fingerprint density at radius 1 is 1.29 bits per heavy atom. The molecule has 0 unspecified atom stereocenters. The van der Waals surface area contributed by atoms with E-state index in [1.54, 1.807) is 0 Å². The molecule has 0 radical (unpaired) electrons. The normalized spacial score (nSPS) is 14.7. The number of benzene rings is 1. The maximum atomic E-state index is 11.5. The number of rotatable bonds is 9. The fraction of sp³-hybridized carbons (Fsp3) is 0.588. The van der Waals surface area contributed by atoms with Crippen LogP contribution in [0.1, 0.15) is 38.2 Å². The Hall–Kier alpha value is -1.55. The molecular weight excluding hydrogens is 264 g/mol. The van der Waals surface area contributed by atoms with Crippen molar-refractivity contribution in [1.82, 2.24) is 10.2 Å². The average Bonchev–Trinajstić information content (AvgIpc) is 2.91. The van der Waals surface area contributed by atoms with Crippen molar-refractivity contribution in [3.05, 3.63) is 29.8 Å². The lowest BCUT2D eigenvalue weighted by atomic mass is 10.2. The molecule has 1 amide bonds. The number of likely N-dealkylation sites (tertiary alicyclic amines) is 1. The van der Waals surface area contributed by atoms with Crippen molar-refractivity contribution >= 4 is 5.91 Å². The van der Waals surface area contributed by atoms with E-state index in [0.29, 0.717) is 5.91 Å². The zero-order valence-corrected chi connectivity index (χ0v) is 12.9. The number of carbonyl (C=O) groups excluding carboxylic acids is 1. The topological polar surface area (TPSA) is 41.6 Å². The van der Waals surface area contributed by atoms with Gasteiger partial charge in [-0.15, -0.1) is 0 Å². The monoisotopic (exact) mass is 290 g/mol. The molecule has 116 valence electrons. The standard InChI is InChI=1S/C17H26N2O2/c1-2-13-21-16-8-6-15(7-9-16)14-18-10-4-12-19-11-3-5-17(19)20/h6-9,18H,2-5,10-14H2,1H3. The van der Waals surface area contributed by atoms with Gasteiger partial charge in [-0.3, -0.25) is 4.79 Å². The quantitative estimate of drug-likeness (QED) is 0.711. The predicted octanol–water partition coefficient (Wildman–Crippen LogP) is 2.58. The first-order valence-electron chi connectivity index (χ1n) is 8.00. The van der Waals surface area contributed by atoms with Crippen LogP contribution in [0, 0.1) is 0 Å². The minimum atomic E-state index is 0.317. The van der Waals surface area contributed by atoms with Crippen molar-refractivity contribution in [2.75, 3.05) is 26.2 Å². The van der Waals surface area contributed by atoms with Crippen molar-refractivity contribution in [2.45, 2.75) is 39.2 Å². The minimum Gasteiger partial charge on any atom is -0.494 e. The summed E-state index contributed by atoms with van der Waals surface area (Å²) in [5.41, 5.74) is 1.26. The summed E-state index contributed by atoms with van der Waals surface area (Å²) in [7, 11) is 0. The molecule has 0 bridgehead atoms. The van der Waals surface area contributed by atoms with Crippen molar-refractivity contribution < 1.29 is 9.53 Å². The maximum Gasteiger partial charge on any atom is 0.222 e. The third-order valence-electron chi connectivity index (χ3n) is 3.68. The Kier molecular flexibility index (Phi) is 6.54. The largest absolute Gasteiger partial charge is 0.494 e. The molecule has 1 aromatic carbocycles. The zero-order chi connectivity index (χ0) is 14.9. The van der Waals surface area contributed by atoms with Crippen LogP contribution in [0.25, 0.3) is 0 Å². The molecule has 0 aliphatic carbocycles. The smallest absolute Gasteiger partial charge is 0.222 e. The SMILES string of the molecule is CCCOc1ccc(CNCCCN2CCCC2=O)cc1. The van der Waals surface area contributed by atoms with Crippen molar-refractivity contribution in [2.24, 2.45) is 0 Å². The summed E-state index contributed by atoms with van der Waals surface area (Å²) < 4.78 is 5.56. The van der Waals surface area contributed by atoms with E-state index >= 15 is 0 Å². The minimum absolute atomic E-state index is 0.317. The van der Waals surface area contributed by atoms with Crippen LogP contribution in [-0.2, 0) is 11.3 Å². The van der Waals surface area contributed by atoms with Gasteiger partial charge < -0.3 is 15.0 Å². The molecule has 1 aliphatic rings. The molecule has 2 rings (SSSR count). The molecular formula is C17H26N2O2. The molecule has 4 nitrogen and oxygen atoms in total. The molecule has 1 saturated heterocycles. The van der Waals surface area contributed by atoms with Gasteiger partial charge in [0.25, 0.3) is 0 Å². The fourth-order valence-corrected chi connectivity index (χ4v) is 2.49. The fourth-order valence-electron chi connectivity index (χ4n) is 2.49.